The molecule has 0 fully saturated rings. The maximum atomic E-state index is 6.05. The Hall–Kier alpha value is -1.55. The normalized spacial score (nSPS) is 11.6. The summed E-state index contributed by atoms with van der Waals surface area (Å²) < 4.78 is 4.32. The molecular weight excluding hydrogens is 254 g/mol. The molecule has 0 aliphatic heterocycles. The number of rotatable bonds is 3. The average molecular weight is 275 g/mol. The molecule has 1 heterocycles. The Bertz CT molecular complexity index is 540. The number of nitrogen functional groups attached to an aromatic ring is 1. The molecule has 19 heavy (non-hydrogen) atoms. The molecule has 1 aromatic heterocycles. The second-order valence-electron chi connectivity index (χ2n) is 6.03. The fourth-order valence-electron chi connectivity index (χ4n) is 2.21. The van der Waals surface area contributed by atoms with Crippen molar-refractivity contribution < 1.29 is 0 Å². The third kappa shape index (κ3) is 3.26. The van der Waals surface area contributed by atoms with Crippen LogP contribution in [0.2, 0.25) is 0 Å². The minimum atomic E-state index is 0.238. The Labute approximate surface area is 119 Å². The van der Waals surface area contributed by atoms with E-state index in [4.69, 9.17) is 5.73 Å². The number of hydrogen-bond donors (Lipinski definition) is 1. The molecule has 0 aliphatic rings. The largest absolute Gasteiger partial charge is 0.382 e. The first-order chi connectivity index (χ1) is 8.88. The van der Waals surface area contributed by atoms with Gasteiger partial charge in [0.05, 0.1) is 5.56 Å². The van der Waals surface area contributed by atoms with Crippen LogP contribution >= 0.6 is 11.5 Å². The lowest BCUT2D eigenvalue weighted by Crippen LogP contribution is -2.28. The Morgan fingerprint density at radius 3 is 2.42 bits per heavy atom. The van der Waals surface area contributed by atoms with Crippen molar-refractivity contribution in [2.75, 3.05) is 24.2 Å². The number of benzene rings is 1. The summed E-state index contributed by atoms with van der Waals surface area (Å²) in [4.78, 5) is 2.25. The van der Waals surface area contributed by atoms with Gasteiger partial charge in [0.15, 0.2) is 0 Å². The van der Waals surface area contributed by atoms with Gasteiger partial charge in [-0.15, -0.1) is 0 Å². The summed E-state index contributed by atoms with van der Waals surface area (Å²) in [7, 11) is 2.10. The second kappa shape index (κ2) is 5.21. The maximum Gasteiger partial charge on any atom is 0.147 e. The van der Waals surface area contributed by atoms with Crippen LogP contribution < -0.4 is 10.6 Å². The van der Waals surface area contributed by atoms with Crippen LogP contribution in [0.1, 0.15) is 20.8 Å². The van der Waals surface area contributed by atoms with Crippen LogP contribution in [-0.4, -0.2) is 18.0 Å². The van der Waals surface area contributed by atoms with E-state index in [-0.39, 0.29) is 5.41 Å². The average Bonchev–Trinajstić information content (AvgIpc) is 2.70. The third-order valence-electron chi connectivity index (χ3n) is 2.82. The first-order valence-electron chi connectivity index (χ1n) is 6.40. The summed E-state index contributed by atoms with van der Waals surface area (Å²) in [5.41, 5.74) is 8.47. The molecular formula is C15H21N3S. The number of hydrogen-bond acceptors (Lipinski definition) is 4. The van der Waals surface area contributed by atoms with Gasteiger partial charge in [-0.05, 0) is 22.5 Å². The fourth-order valence-corrected chi connectivity index (χ4v) is 3.01. The van der Waals surface area contributed by atoms with Crippen LogP contribution in [0, 0.1) is 5.41 Å². The Balaban J connectivity index is 2.38. The van der Waals surface area contributed by atoms with E-state index in [0.29, 0.717) is 5.82 Å². The highest BCUT2D eigenvalue weighted by Gasteiger charge is 2.20. The SMILES string of the molecule is CN(CC(C)(C)C)c1snc(N)c1-c1ccccc1. The van der Waals surface area contributed by atoms with Crippen molar-refractivity contribution in [2.24, 2.45) is 5.41 Å². The van der Waals surface area contributed by atoms with Crippen molar-refractivity contribution in [1.29, 1.82) is 0 Å². The Morgan fingerprint density at radius 1 is 1.21 bits per heavy atom. The molecule has 0 unspecified atom stereocenters. The highest BCUT2D eigenvalue weighted by Crippen LogP contribution is 2.39. The van der Waals surface area contributed by atoms with Gasteiger partial charge in [0.1, 0.15) is 10.8 Å². The van der Waals surface area contributed by atoms with Gasteiger partial charge in [0, 0.05) is 13.6 Å². The lowest BCUT2D eigenvalue weighted by atomic mass is 9.96. The minimum Gasteiger partial charge on any atom is -0.382 e. The second-order valence-corrected chi connectivity index (χ2v) is 6.78. The zero-order chi connectivity index (χ0) is 14.0. The van der Waals surface area contributed by atoms with Gasteiger partial charge >= 0.3 is 0 Å². The summed E-state index contributed by atoms with van der Waals surface area (Å²) in [6.07, 6.45) is 0. The summed E-state index contributed by atoms with van der Waals surface area (Å²) in [5, 5.41) is 1.14. The molecule has 2 rings (SSSR count). The van der Waals surface area contributed by atoms with Crippen molar-refractivity contribution in [1.82, 2.24) is 4.37 Å². The van der Waals surface area contributed by atoms with Crippen molar-refractivity contribution in [3.8, 4) is 11.1 Å². The van der Waals surface area contributed by atoms with Crippen molar-refractivity contribution in [3.05, 3.63) is 30.3 Å². The molecule has 102 valence electrons. The Morgan fingerprint density at radius 2 is 1.84 bits per heavy atom. The van der Waals surface area contributed by atoms with Crippen LogP contribution in [0.25, 0.3) is 11.1 Å². The van der Waals surface area contributed by atoms with Crippen LogP contribution in [-0.2, 0) is 0 Å². The van der Waals surface area contributed by atoms with E-state index in [9.17, 15) is 0 Å². The van der Waals surface area contributed by atoms with Crippen molar-refractivity contribution in [2.45, 2.75) is 20.8 Å². The molecule has 0 saturated carbocycles. The van der Waals surface area contributed by atoms with Crippen LogP contribution in [0.4, 0.5) is 10.8 Å². The predicted octanol–water partition coefficient (Wildman–Crippen LogP) is 3.87. The first kappa shape index (κ1) is 13.9. The van der Waals surface area contributed by atoms with E-state index in [1.165, 1.54) is 11.5 Å². The molecule has 0 radical (unpaired) electrons. The smallest absolute Gasteiger partial charge is 0.147 e. The molecule has 1 aromatic carbocycles. The van der Waals surface area contributed by atoms with Gasteiger partial charge in [-0.2, -0.15) is 4.37 Å². The molecule has 0 atom stereocenters. The summed E-state index contributed by atoms with van der Waals surface area (Å²) >= 11 is 1.47. The van der Waals surface area contributed by atoms with Crippen LogP contribution in [0.15, 0.2) is 30.3 Å². The standard InChI is InChI=1S/C15H21N3S/c1-15(2,3)10-18(4)14-12(13(16)17-19-14)11-8-6-5-7-9-11/h5-9H,10H2,1-4H3,(H2,16,17). The topological polar surface area (TPSA) is 42.2 Å². The van der Waals surface area contributed by atoms with E-state index < -0.39 is 0 Å². The molecule has 4 heteroatoms. The first-order valence-corrected chi connectivity index (χ1v) is 7.17. The lowest BCUT2D eigenvalue weighted by Gasteiger charge is -2.27. The molecule has 2 aromatic rings. The maximum absolute atomic E-state index is 6.05. The van der Waals surface area contributed by atoms with E-state index in [1.54, 1.807) is 0 Å². The number of anilines is 2. The van der Waals surface area contributed by atoms with Crippen molar-refractivity contribution >= 4 is 22.4 Å². The van der Waals surface area contributed by atoms with Gasteiger partial charge in [0.2, 0.25) is 0 Å². The third-order valence-corrected chi connectivity index (χ3v) is 3.80. The molecule has 0 bridgehead atoms. The monoisotopic (exact) mass is 275 g/mol. The van der Waals surface area contributed by atoms with E-state index in [1.807, 2.05) is 18.2 Å². The summed E-state index contributed by atoms with van der Waals surface area (Å²) in [5.74, 6) is 0.618. The summed E-state index contributed by atoms with van der Waals surface area (Å²) in [6.45, 7) is 7.66. The predicted molar refractivity (Wildman–Crippen MR) is 84.7 cm³/mol. The van der Waals surface area contributed by atoms with Gasteiger partial charge in [-0.25, -0.2) is 0 Å². The summed E-state index contributed by atoms with van der Waals surface area (Å²) in [6, 6.07) is 10.2. The van der Waals surface area contributed by atoms with Gasteiger partial charge < -0.3 is 10.6 Å². The molecule has 0 saturated heterocycles. The molecule has 0 amide bonds. The highest BCUT2D eigenvalue weighted by molar-refractivity contribution is 7.11. The molecule has 0 spiro atoms. The lowest BCUT2D eigenvalue weighted by molar-refractivity contribution is 0.420. The number of aromatic nitrogens is 1. The number of nitrogens with zero attached hydrogens (tertiary/aromatic N) is 2. The molecule has 2 N–H and O–H groups in total. The van der Waals surface area contributed by atoms with E-state index >= 15 is 0 Å². The zero-order valence-corrected chi connectivity index (χ0v) is 12.8. The highest BCUT2D eigenvalue weighted by atomic mass is 32.1. The zero-order valence-electron chi connectivity index (χ0n) is 12.0. The fraction of sp³-hybridized carbons (Fsp3) is 0.400. The van der Waals surface area contributed by atoms with Gasteiger partial charge in [-0.3, -0.25) is 0 Å². The quantitative estimate of drug-likeness (QED) is 0.924. The van der Waals surface area contributed by atoms with E-state index in [2.05, 4.69) is 49.2 Å². The molecule has 0 aliphatic carbocycles. The van der Waals surface area contributed by atoms with Crippen LogP contribution in [0.5, 0.6) is 0 Å². The van der Waals surface area contributed by atoms with Gasteiger partial charge in [0.25, 0.3) is 0 Å². The Kier molecular flexibility index (Phi) is 3.80. The van der Waals surface area contributed by atoms with E-state index in [0.717, 1.165) is 22.7 Å². The molecule has 3 nitrogen and oxygen atoms in total. The minimum absolute atomic E-state index is 0.238. The van der Waals surface area contributed by atoms with Gasteiger partial charge in [-0.1, -0.05) is 51.1 Å². The van der Waals surface area contributed by atoms with Crippen molar-refractivity contribution in [3.63, 3.8) is 0 Å². The number of nitrogens with two attached hydrogens (primary N) is 1. The van der Waals surface area contributed by atoms with Crippen LogP contribution in [0.3, 0.4) is 0 Å².